The van der Waals surface area contributed by atoms with Crippen LogP contribution in [0, 0.1) is 0 Å². The summed E-state index contributed by atoms with van der Waals surface area (Å²) in [5, 5.41) is 4.36. The lowest BCUT2D eigenvalue weighted by atomic mass is 10.2. The molecular weight excluding hydrogens is 402 g/mol. The fourth-order valence-electron chi connectivity index (χ4n) is 3.82. The van der Waals surface area contributed by atoms with E-state index in [1.165, 1.54) is 11.8 Å². The molecule has 0 spiro atoms. The molecule has 1 aliphatic rings. The first-order valence-corrected chi connectivity index (χ1v) is 11.9. The van der Waals surface area contributed by atoms with Crippen LogP contribution in [0.1, 0.15) is 24.1 Å². The van der Waals surface area contributed by atoms with E-state index in [0.29, 0.717) is 13.1 Å². The van der Waals surface area contributed by atoms with E-state index in [1.807, 2.05) is 40.7 Å². The van der Waals surface area contributed by atoms with Crippen molar-refractivity contribution >= 4 is 9.84 Å². The molecule has 0 saturated carbocycles. The van der Waals surface area contributed by atoms with Crippen LogP contribution in [0.3, 0.4) is 0 Å². The Morgan fingerprint density at radius 1 is 1.23 bits per heavy atom. The first-order chi connectivity index (χ1) is 14.4. The van der Waals surface area contributed by atoms with Crippen molar-refractivity contribution in [2.24, 2.45) is 0 Å². The van der Waals surface area contributed by atoms with E-state index in [2.05, 4.69) is 27.1 Å². The number of imidazole rings is 1. The highest BCUT2D eigenvalue weighted by molar-refractivity contribution is 7.90. The molecule has 1 fully saturated rings. The van der Waals surface area contributed by atoms with Crippen molar-refractivity contribution < 1.29 is 13.2 Å². The summed E-state index contributed by atoms with van der Waals surface area (Å²) in [6, 6.07) is 10.1. The lowest BCUT2D eigenvalue weighted by Gasteiger charge is -2.20. The van der Waals surface area contributed by atoms with Crippen LogP contribution in [-0.2, 0) is 34.2 Å². The summed E-state index contributed by atoms with van der Waals surface area (Å²) in [6.45, 7) is 2.58. The van der Waals surface area contributed by atoms with Crippen molar-refractivity contribution in [3.63, 3.8) is 0 Å². The first-order valence-electron chi connectivity index (χ1n) is 10.0. The predicted octanol–water partition coefficient (Wildman–Crippen LogP) is 2.28. The van der Waals surface area contributed by atoms with Gasteiger partial charge >= 0.3 is 0 Å². The van der Waals surface area contributed by atoms with Crippen LogP contribution in [-0.4, -0.2) is 58.7 Å². The molecule has 0 amide bonds. The highest BCUT2D eigenvalue weighted by Crippen LogP contribution is 2.20. The van der Waals surface area contributed by atoms with Crippen LogP contribution < -0.4 is 0 Å². The SMILES string of the molecule is CN(Cc1ccc(-n2cccn2)cc1)Cc1cnc(S(C)(=O)=O)n1C[C@H]1CCCO1. The molecule has 0 radical (unpaired) electrons. The number of nitrogens with zero attached hydrogens (tertiary/aromatic N) is 5. The molecular formula is C21H27N5O3S. The van der Waals surface area contributed by atoms with Crippen molar-refractivity contribution in [1.82, 2.24) is 24.2 Å². The number of rotatable bonds is 8. The topological polar surface area (TPSA) is 82.3 Å². The van der Waals surface area contributed by atoms with Gasteiger partial charge in [-0.2, -0.15) is 5.10 Å². The van der Waals surface area contributed by atoms with E-state index in [-0.39, 0.29) is 11.3 Å². The van der Waals surface area contributed by atoms with Gasteiger partial charge in [0.25, 0.3) is 0 Å². The highest BCUT2D eigenvalue weighted by Gasteiger charge is 2.24. The average Bonchev–Trinajstić information content (AvgIpc) is 3.45. The fraction of sp³-hybridized carbons (Fsp3) is 0.429. The first kappa shape index (κ1) is 20.8. The Morgan fingerprint density at radius 2 is 2.03 bits per heavy atom. The third-order valence-corrected chi connectivity index (χ3v) is 6.22. The molecule has 1 saturated heterocycles. The molecule has 3 heterocycles. The van der Waals surface area contributed by atoms with E-state index in [9.17, 15) is 8.42 Å². The molecule has 0 aliphatic carbocycles. The maximum Gasteiger partial charge on any atom is 0.227 e. The molecule has 8 nitrogen and oxygen atoms in total. The van der Waals surface area contributed by atoms with Crippen LogP contribution in [0.5, 0.6) is 0 Å². The quantitative estimate of drug-likeness (QED) is 0.546. The van der Waals surface area contributed by atoms with Gasteiger partial charge in [0, 0.05) is 38.3 Å². The van der Waals surface area contributed by atoms with E-state index >= 15 is 0 Å². The van der Waals surface area contributed by atoms with Gasteiger partial charge in [-0.15, -0.1) is 0 Å². The van der Waals surface area contributed by atoms with E-state index in [0.717, 1.165) is 37.4 Å². The normalized spacial score (nSPS) is 17.1. The smallest absolute Gasteiger partial charge is 0.227 e. The third-order valence-electron chi connectivity index (χ3n) is 5.23. The summed E-state index contributed by atoms with van der Waals surface area (Å²) in [5.41, 5.74) is 3.06. The molecule has 160 valence electrons. The molecule has 0 bridgehead atoms. The Kier molecular flexibility index (Phi) is 6.03. The molecule has 3 aromatic rings. The molecule has 2 aromatic heterocycles. The molecule has 0 unspecified atom stereocenters. The van der Waals surface area contributed by atoms with Crippen LogP contribution in [0.4, 0.5) is 0 Å². The van der Waals surface area contributed by atoms with Gasteiger partial charge in [-0.1, -0.05) is 12.1 Å². The van der Waals surface area contributed by atoms with Crippen molar-refractivity contribution in [1.29, 1.82) is 0 Å². The summed E-state index contributed by atoms with van der Waals surface area (Å²) in [6.07, 6.45) is 8.54. The molecule has 1 aromatic carbocycles. The van der Waals surface area contributed by atoms with E-state index in [4.69, 9.17) is 4.74 Å². The molecule has 0 N–H and O–H groups in total. The van der Waals surface area contributed by atoms with E-state index < -0.39 is 9.84 Å². The second-order valence-electron chi connectivity index (χ2n) is 7.84. The lowest BCUT2D eigenvalue weighted by Crippen LogP contribution is -2.24. The van der Waals surface area contributed by atoms with Crippen LogP contribution >= 0.6 is 0 Å². The Bertz CT molecular complexity index is 1070. The van der Waals surface area contributed by atoms with Crippen LogP contribution in [0.15, 0.2) is 54.1 Å². The van der Waals surface area contributed by atoms with Crippen molar-refractivity contribution in [3.05, 3.63) is 60.2 Å². The number of hydrogen-bond acceptors (Lipinski definition) is 6. The number of aromatic nitrogens is 4. The third kappa shape index (κ3) is 4.80. The summed E-state index contributed by atoms with van der Waals surface area (Å²) in [4.78, 5) is 6.36. The van der Waals surface area contributed by atoms with Gasteiger partial charge in [0.05, 0.1) is 30.2 Å². The maximum absolute atomic E-state index is 12.2. The summed E-state index contributed by atoms with van der Waals surface area (Å²) in [7, 11) is -1.39. The number of ether oxygens (including phenoxy) is 1. The number of hydrogen-bond donors (Lipinski definition) is 0. The Labute approximate surface area is 177 Å². The molecule has 1 aliphatic heterocycles. The summed E-state index contributed by atoms with van der Waals surface area (Å²) in [5.74, 6) is 0. The Hall–Kier alpha value is -2.49. The van der Waals surface area contributed by atoms with Gasteiger partial charge in [-0.25, -0.2) is 18.1 Å². The number of benzene rings is 1. The predicted molar refractivity (Wildman–Crippen MR) is 113 cm³/mol. The van der Waals surface area contributed by atoms with Crippen LogP contribution in [0.25, 0.3) is 5.69 Å². The van der Waals surface area contributed by atoms with Crippen molar-refractivity contribution in [2.75, 3.05) is 19.9 Å². The van der Waals surface area contributed by atoms with Gasteiger partial charge in [-0.05, 0) is 43.7 Å². The zero-order chi connectivity index (χ0) is 21.1. The minimum absolute atomic E-state index is 0.0404. The van der Waals surface area contributed by atoms with Gasteiger partial charge in [0.2, 0.25) is 15.0 Å². The Morgan fingerprint density at radius 3 is 2.67 bits per heavy atom. The average molecular weight is 430 g/mol. The molecule has 4 rings (SSSR count). The minimum Gasteiger partial charge on any atom is -0.376 e. The molecule has 1 atom stereocenters. The Balaban J connectivity index is 1.47. The largest absolute Gasteiger partial charge is 0.376 e. The zero-order valence-corrected chi connectivity index (χ0v) is 18.1. The summed E-state index contributed by atoms with van der Waals surface area (Å²) >= 11 is 0. The van der Waals surface area contributed by atoms with E-state index in [1.54, 1.807) is 12.4 Å². The fourth-order valence-corrected chi connectivity index (χ4v) is 4.66. The minimum atomic E-state index is -3.41. The van der Waals surface area contributed by atoms with Crippen molar-refractivity contribution in [2.45, 2.75) is 43.7 Å². The second-order valence-corrected chi connectivity index (χ2v) is 9.75. The van der Waals surface area contributed by atoms with Crippen LogP contribution in [0.2, 0.25) is 0 Å². The number of sulfone groups is 1. The van der Waals surface area contributed by atoms with Gasteiger partial charge < -0.3 is 9.30 Å². The molecule has 30 heavy (non-hydrogen) atoms. The molecule has 9 heteroatoms. The van der Waals surface area contributed by atoms with Gasteiger partial charge in [-0.3, -0.25) is 4.90 Å². The second kappa shape index (κ2) is 8.71. The zero-order valence-electron chi connectivity index (χ0n) is 17.3. The highest BCUT2D eigenvalue weighted by atomic mass is 32.2. The standard InChI is InChI=1S/C21H27N5O3S/c1-24(14-17-6-8-18(9-7-17)26-11-4-10-23-26)15-19-13-22-21(30(2,27)28)25(19)16-20-5-3-12-29-20/h4,6-11,13,20H,3,5,12,14-16H2,1-2H3/t20-/m1/s1. The van der Waals surface area contributed by atoms with Gasteiger partial charge in [0.1, 0.15) is 0 Å². The van der Waals surface area contributed by atoms with Crippen molar-refractivity contribution in [3.8, 4) is 5.69 Å². The lowest BCUT2D eigenvalue weighted by molar-refractivity contribution is 0.0934. The monoisotopic (exact) mass is 429 g/mol. The van der Waals surface area contributed by atoms with Gasteiger partial charge in [0.15, 0.2) is 0 Å². The summed E-state index contributed by atoms with van der Waals surface area (Å²) < 4.78 is 33.8. The maximum atomic E-state index is 12.2.